The van der Waals surface area contributed by atoms with Gasteiger partial charge in [0.2, 0.25) is 0 Å². The Hall–Kier alpha value is -1.61. The third-order valence-corrected chi connectivity index (χ3v) is 1.67. The lowest BCUT2D eigenvalue weighted by Crippen LogP contribution is -2.28. The Morgan fingerprint density at radius 2 is 2.67 bits per heavy atom. The van der Waals surface area contributed by atoms with Crippen molar-refractivity contribution in [2.75, 3.05) is 11.9 Å². The minimum absolute atomic E-state index is 0.00277. The summed E-state index contributed by atoms with van der Waals surface area (Å²) in [7, 11) is 0. The maximum absolute atomic E-state index is 10.9. The van der Waals surface area contributed by atoms with Gasteiger partial charge in [0.05, 0.1) is 6.07 Å². The predicted molar refractivity (Wildman–Crippen MR) is 44.7 cm³/mol. The molecule has 0 aliphatic heterocycles. The first-order chi connectivity index (χ1) is 5.83. The zero-order valence-electron chi connectivity index (χ0n) is 6.07. The number of nitrogens with zero attached hydrogens (tertiary/aromatic N) is 2. The van der Waals surface area contributed by atoms with Crippen LogP contribution in [0.3, 0.4) is 0 Å². The van der Waals surface area contributed by atoms with Crippen LogP contribution >= 0.6 is 11.3 Å². The first-order valence-electron chi connectivity index (χ1n) is 3.14. The van der Waals surface area contributed by atoms with E-state index < -0.39 is 6.03 Å². The number of anilines is 1. The molecule has 0 bridgehead atoms. The highest BCUT2D eigenvalue weighted by Gasteiger charge is 2.00. The van der Waals surface area contributed by atoms with Crippen molar-refractivity contribution in [2.45, 2.75) is 0 Å². The second-order valence-electron chi connectivity index (χ2n) is 1.80. The fourth-order valence-corrected chi connectivity index (χ4v) is 1.07. The fraction of sp³-hybridized carbons (Fsp3) is 0.167. The molecule has 0 aromatic carbocycles. The van der Waals surface area contributed by atoms with E-state index in [1.165, 1.54) is 11.3 Å². The number of carbonyl (C=O) groups excluding carboxylic acids is 1. The lowest BCUT2D eigenvalue weighted by atomic mass is 10.7. The van der Waals surface area contributed by atoms with Crippen LogP contribution in [-0.2, 0) is 0 Å². The van der Waals surface area contributed by atoms with Crippen molar-refractivity contribution in [3.63, 3.8) is 0 Å². The first kappa shape index (κ1) is 8.49. The molecule has 1 aromatic rings. The number of carbonyl (C=O) groups is 1. The highest BCUT2D eigenvalue weighted by atomic mass is 32.1. The Labute approximate surface area is 73.0 Å². The SMILES string of the molecule is N#CCNC(=O)Nc1nccs1. The molecule has 0 aliphatic rings. The summed E-state index contributed by atoms with van der Waals surface area (Å²) in [5, 5.41) is 15.2. The molecule has 6 heteroatoms. The van der Waals surface area contributed by atoms with Crippen molar-refractivity contribution < 1.29 is 4.79 Å². The number of thiazole rings is 1. The van der Waals surface area contributed by atoms with Gasteiger partial charge in [0, 0.05) is 11.6 Å². The zero-order valence-corrected chi connectivity index (χ0v) is 6.89. The smallest absolute Gasteiger partial charge is 0.321 e. The summed E-state index contributed by atoms with van der Waals surface area (Å²) in [4.78, 5) is 14.7. The van der Waals surface area contributed by atoms with Gasteiger partial charge in [0.1, 0.15) is 6.54 Å². The molecule has 5 nitrogen and oxygen atoms in total. The van der Waals surface area contributed by atoms with Gasteiger partial charge in [-0.1, -0.05) is 0 Å². The molecule has 2 N–H and O–H groups in total. The Kier molecular flexibility index (Phi) is 3.04. The van der Waals surface area contributed by atoms with Gasteiger partial charge in [-0.2, -0.15) is 5.26 Å². The third kappa shape index (κ3) is 2.56. The standard InChI is InChI=1S/C6H6N4OS/c7-1-2-8-5(11)10-6-9-3-4-12-6/h3-4H,2H2,(H2,8,9,10,11). The first-order valence-corrected chi connectivity index (χ1v) is 4.02. The number of hydrogen-bond acceptors (Lipinski definition) is 4. The molecule has 2 amide bonds. The van der Waals surface area contributed by atoms with E-state index in [4.69, 9.17) is 5.26 Å². The lowest BCUT2D eigenvalue weighted by Gasteiger charge is -1.99. The van der Waals surface area contributed by atoms with Crippen LogP contribution in [0.15, 0.2) is 11.6 Å². The van der Waals surface area contributed by atoms with Crippen molar-refractivity contribution in [3.8, 4) is 6.07 Å². The molecule has 0 saturated carbocycles. The molecular weight excluding hydrogens is 176 g/mol. The van der Waals surface area contributed by atoms with Gasteiger partial charge in [0.15, 0.2) is 5.13 Å². The van der Waals surface area contributed by atoms with E-state index in [9.17, 15) is 4.79 Å². The van der Waals surface area contributed by atoms with E-state index in [2.05, 4.69) is 15.6 Å². The summed E-state index contributed by atoms with van der Waals surface area (Å²) < 4.78 is 0. The van der Waals surface area contributed by atoms with Crippen LogP contribution in [0.2, 0.25) is 0 Å². The lowest BCUT2D eigenvalue weighted by molar-refractivity contribution is 0.253. The van der Waals surface area contributed by atoms with Gasteiger partial charge in [0.25, 0.3) is 0 Å². The Morgan fingerprint density at radius 3 is 3.25 bits per heavy atom. The Bertz CT molecular complexity index is 289. The molecular formula is C6H6N4OS. The molecule has 0 fully saturated rings. The van der Waals surface area contributed by atoms with Gasteiger partial charge in [-0.3, -0.25) is 5.32 Å². The second-order valence-corrected chi connectivity index (χ2v) is 2.70. The highest BCUT2D eigenvalue weighted by molar-refractivity contribution is 7.13. The molecule has 0 unspecified atom stereocenters. The predicted octanol–water partition coefficient (Wildman–Crippen LogP) is 0.788. The second kappa shape index (κ2) is 4.31. The molecule has 0 spiro atoms. The van der Waals surface area contributed by atoms with Crippen LogP contribution in [0.5, 0.6) is 0 Å². The number of nitrogens with one attached hydrogen (secondary N) is 2. The molecule has 1 heterocycles. The Morgan fingerprint density at radius 1 is 1.83 bits per heavy atom. The molecule has 1 aromatic heterocycles. The van der Waals surface area contributed by atoms with E-state index >= 15 is 0 Å². The number of hydrogen-bond donors (Lipinski definition) is 2. The highest BCUT2D eigenvalue weighted by Crippen LogP contribution is 2.09. The van der Waals surface area contributed by atoms with E-state index in [0.717, 1.165) is 0 Å². The normalized spacial score (nSPS) is 8.58. The summed E-state index contributed by atoms with van der Waals surface area (Å²) in [5.41, 5.74) is 0. The van der Waals surface area contributed by atoms with E-state index in [1.54, 1.807) is 17.6 Å². The molecule has 0 aliphatic carbocycles. The van der Waals surface area contributed by atoms with E-state index in [0.29, 0.717) is 5.13 Å². The molecule has 0 saturated heterocycles. The quantitative estimate of drug-likeness (QED) is 0.663. The van der Waals surface area contributed by atoms with Crippen molar-refractivity contribution in [1.82, 2.24) is 10.3 Å². The van der Waals surface area contributed by atoms with Gasteiger partial charge < -0.3 is 5.32 Å². The minimum Gasteiger partial charge on any atom is -0.325 e. The van der Waals surface area contributed by atoms with E-state index in [1.807, 2.05) is 0 Å². The van der Waals surface area contributed by atoms with E-state index in [-0.39, 0.29) is 6.54 Å². The fourth-order valence-electron chi connectivity index (χ4n) is 0.546. The van der Waals surface area contributed by atoms with Crippen LogP contribution in [0.25, 0.3) is 0 Å². The van der Waals surface area contributed by atoms with Crippen LogP contribution in [0, 0.1) is 11.3 Å². The Balaban J connectivity index is 2.33. The van der Waals surface area contributed by atoms with Gasteiger partial charge in [-0.25, -0.2) is 9.78 Å². The maximum Gasteiger partial charge on any atom is 0.321 e. The summed E-state index contributed by atoms with van der Waals surface area (Å²) in [6, 6.07) is 1.38. The van der Waals surface area contributed by atoms with Crippen molar-refractivity contribution >= 4 is 22.5 Å². The number of rotatable bonds is 2. The average Bonchev–Trinajstić information content (AvgIpc) is 2.53. The maximum atomic E-state index is 10.9. The summed E-state index contributed by atoms with van der Waals surface area (Å²) in [6.45, 7) is -0.00277. The third-order valence-electron chi connectivity index (χ3n) is 0.981. The summed E-state index contributed by atoms with van der Waals surface area (Å²) >= 11 is 1.32. The van der Waals surface area contributed by atoms with Crippen LogP contribution in [-0.4, -0.2) is 17.6 Å². The molecule has 62 valence electrons. The van der Waals surface area contributed by atoms with Gasteiger partial charge >= 0.3 is 6.03 Å². The molecule has 0 atom stereocenters. The van der Waals surface area contributed by atoms with Crippen molar-refractivity contribution in [1.29, 1.82) is 5.26 Å². The largest absolute Gasteiger partial charge is 0.325 e. The monoisotopic (exact) mass is 182 g/mol. The zero-order chi connectivity index (χ0) is 8.81. The van der Waals surface area contributed by atoms with Crippen LogP contribution in [0.4, 0.5) is 9.93 Å². The van der Waals surface area contributed by atoms with Crippen LogP contribution < -0.4 is 10.6 Å². The molecule has 0 radical (unpaired) electrons. The number of nitriles is 1. The van der Waals surface area contributed by atoms with Crippen LogP contribution in [0.1, 0.15) is 0 Å². The van der Waals surface area contributed by atoms with Gasteiger partial charge in [-0.15, -0.1) is 11.3 Å². The summed E-state index contributed by atoms with van der Waals surface area (Å²) in [6.07, 6.45) is 1.59. The number of urea groups is 1. The number of aromatic nitrogens is 1. The average molecular weight is 182 g/mol. The number of amides is 2. The minimum atomic E-state index is -0.411. The summed E-state index contributed by atoms with van der Waals surface area (Å²) in [5.74, 6) is 0. The van der Waals surface area contributed by atoms with Crippen molar-refractivity contribution in [2.24, 2.45) is 0 Å². The van der Waals surface area contributed by atoms with Crippen molar-refractivity contribution in [3.05, 3.63) is 11.6 Å². The molecule has 1 rings (SSSR count). The van der Waals surface area contributed by atoms with Gasteiger partial charge in [-0.05, 0) is 0 Å². The molecule has 12 heavy (non-hydrogen) atoms. The topological polar surface area (TPSA) is 77.8 Å².